The van der Waals surface area contributed by atoms with E-state index in [1.807, 2.05) is 48.0 Å². The van der Waals surface area contributed by atoms with Crippen molar-refractivity contribution < 1.29 is 4.42 Å². The molecule has 3 heterocycles. The predicted molar refractivity (Wildman–Crippen MR) is 124 cm³/mol. The monoisotopic (exact) mass is 426 g/mol. The van der Waals surface area contributed by atoms with Crippen LogP contribution in [0, 0.1) is 20.8 Å². The molecule has 2 aromatic carbocycles. The van der Waals surface area contributed by atoms with E-state index in [9.17, 15) is 0 Å². The minimum Gasteiger partial charge on any atom is -0.441 e. The summed E-state index contributed by atoms with van der Waals surface area (Å²) in [7, 11) is 0. The molecule has 0 bridgehead atoms. The highest BCUT2D eigenvalue weighted by atomic mass is 32.2. The molecule has 0 saturated heterocycles. The summed E-state index contributed by atoms with van der Waals surface area (Å²) in [5.74, 6) is 2.17. The van der Waals surface area contributed by atoms with E-state index in [1.165, 1.54) is 11.1 Å². The van der Waals surface area contributed by atoms with Crippen LogP contribution in [0.1, 0.15) is 22.6 Å². The zero-order valence-electron chi connectivity index (χ0n) is 17.7. The average Bonchev–Trinajstić information content (AvgIpc) is 3.36. The second-order valence-corrected chi connectivity index (χ2v) is 8.55. The van der Waals surface area contributed by atoms with E-state index in [0.29, 0.717) is 11.6 Å². The van der Waals surface area contributed by atoms with Crippen molar-refractivity contribution in [2.45, 2.75) is 31.6 Å². The van der Waals surface area contributed by atoms with E-state index in [1.54, 1.807) is 18.0 Å². The Labute approximate surface area is 185 Å². The van der Waals surface area contributed by atoms with Gasteiger partial charge in [-0.2, -0.15) is 5.10 Å². The summed E-state index contributed by atoms with van der Waals surface area (Å²) in [4.78, 5) is 9.31. The van der Waals surface area contributed by atoms with E-state index in [-0.39, 0.29) is 0 Å². The highest BCUT2D eigenvalue weighted by molar-refractivity contribution is 7.98. The first kappa shape index (κ1) is 19.6. The molecule has 6 heteroatoms. The van der Waals surface area contributed by atoms with Crippen LogP contribution in [-0.2, 0) is 5.75 Å². The van der Waals surface area contributed by atoms with Gasteiger partial charge in [0, 0.05) is 29.3 Å². The molecular weight excluding hydrogens is 404 g/mol. The van der Waals surface area contributed by atoms with Crippen LogP contribution in [0.3, 0.4) is 0 Å². The maximum atomic E-state index is 5.90. The van der Waals surface area contributed by atoms with Crippen LogP contribution in [0.4, 0.5) is 0 Å². The maximum Gasteiger partial charge on any atom is 0.226 e. The number of rotatable bonds is 5. The minimum absolute atomic E-state index is 0.654. The molecule has 0 saturated carbocycles. The lowest BCUT2D eigenvalue weighted by Crippen LogP contribution is -1.92. The van der Waals surface area contributed by atoms with Gasteiger partial charge >= 0.3 is 0 Å². The lowest BCUT2D eigenvalue weighted by atomic mass is 10.0. The lowest BCUT2D eigenvalue weighted by Gasteiger charge is -2.02. The Morgan fingerprint density at radius 1 is 1.00 bits per heavy atom. The Hall–Kier alpha value is -3.38. The summed E-state index contributed by atoms with van der Waals surface area (Å²) in [6.45, 7) is 6.19. The summed E-state index contributed by atoms with van der Waals surface area (Å²) >= 11 is 1.65. The summed E-state index contributed by atoms with van der Waals surface area (Å²) in [6, 6.07) is 18.5. The molecule has 0 N–H and O–H groups in total. The molecule has 0 aliphatic carbocycles. The van der Waals surface area contributed by atoms with Gasteiger partial charge in [0.15, 0.2) is 0 Å². The first-order valence-electron chi connectivity index (χ1n) is 10.1. The van der Waals surface area contributed by atoms with Gasteiger partial charge in [-0.3, -0.25) is 0 Å². The molecule has 5 nitrogen and oxygen atoms in total. The fourth-order valence-corrected chi connectivity index (χ4v) is 4.62. The van der Waals surface area contributed by atoms with Crippen molar-refractivity contribution in [1.29, 1.82) is 0 Å². The van der Waals surface area contributed by atoms with Crippen LogP contribution in [0.2, 0.25) is 0 Å². The third kappa shape index (κ3) is 3.86. The number of nitrogens with zero attached hydrogens (tertiary/aromatic N) is 4. The predicted octanol–water partition coefficient (Wildman–Crippen LogP) is 6.27. The number of oxazole rings is 1. The van der Waals surface area contributed by atoms with E-state index >= 15 is 0 Å². The van der Waals surface area contributed by atoms with E-state index < -0.39 is 0 Å². The molecule has 0 radical (unpaired) electrons. The normalized spacial score (nSPS) is 11.3. The highest BCUT2D eigenvalue weighted by Gasteiger charge is 2.15. The largest absolute Gasteiger partial charge is 0.441 e. The van der Waals surface area contributed by atoms with Crippen molar-refractivity contribution in [1.82, 2.24) is 19.6 Å². The molecule has 0 aliphatic rings. The van der Waals surface area contributed by atoms with Crippen molar-refractivity contribution in [2.75, 3.05) is 0 Å². The van der Waals surface area contributed by atoms with Crippen molar-refractivity contribution in [3.05, 3.63) is 89.6 Å². The Morgan fingerprint density at radius 2 is 1.84 bits per heavy atom. The number of aromatic nitrogens is 4. The Morgan fingerprint density at radius 3 is 2.65 bits per heavy atom. The van der Waals surface area contributed by atoms with Crippen LogP contribution in [0.25, 0.3) is 28.2 Å². The molecular formula is C25H22N4OS. The molecule has 154 valence electrons. The highest BCUT2D eigenvalue weighted by Crippen LogP contribution is 2.31. The topological polar surface area (TPSA) is 56.2 Å². The Bertz CT molecular complexity index is 1370. The first-order chi connectivity index (χ1) is 15.1. The smallest absolute Gasteiger partial charge is 0.226 e. The first-order valence-corrected chi connectivity index (χ1v) is 11.1. The van der Waals surface area contributed by atoms with E-state index in [0.717, 1.165) is 38.8 Å². The van der Waals surface area contributed by atoms with Crippen LogP contribution in [-0.4, -0.2) is 19.6 Å². The Kier molecular flexibility index (Phi) is 5.08. The lowest BCUT2D eigenvalue weighted by molar-refractivity contribution is 0.540. The average molecular weight is 427 g/mol. The number of thioether (sulfide) groups is 1. The van der Waals surface area contributed by atoms with Gasteiger partial charge in [0.05, 0.1) is 16.9 Å². The van der Waals surface area contributed by atoms with E-state index in [4.69, 9.17) is 14.5 Å². The molecule has 0 atom stereocenters. The number of hydrogen-bond acceptors (Lipinski definition) is 5. The zero-order chi connectivity index (χ0) is 21.4. The molecule has 0 fully saturated rings. The van der Waals surface area contributed by atoms with Crippen molar-refractivity contribution in [2.24, 2.45) is 0 Å². The standard InChI is InChI=1S/C25H22N4OS/c1-16-9-10-20(17(2)13-16)21-14-23-25(26-11-12-29(23)28-21)31-15-22-18(3)30-24(27-22)19-7-5-4-6-8-19/h4-14H,15H2,1-3H3. The maximum absolute atomic E-state index is 5.90. The number of benzene rings is 2. The van der Waals surface area contributed by atoms with Gasteiger partial charge in [-0.15, -0.1) is 0 Å². The van der Waals surface area contributed by atoms with Gasteiger partial charge in [-0.25, -0.2) is 14.5 Å². The van der Waals surface area contributed by atoms with Crippen LogP contribution in [0.15, 0.2) is 76.4 Å². The van der Waals surface area contributed by atoms with E-state index in [2.05, 4.69) is 43.1 Å². The minimum atomic E-state index is 0.654. The third-order valence-corrected chi connectivity index (χ3v) is 6.28. The van der Waals surface area contributed by atoms with Crippen LogP contribution >= 0.6 is 11.8 Å². The van der Waals surface area contributed by atoms with Crippen molar-refractivity contribution in [3.8, 4) is 22.7 Å². The quantitative estimate of drug-likeness (QED) is 0.310. The third-order valence-electron chi connectivity index (χ3n) is 5.27. The van der Waals surface area contributed by atoms with Gasteiger partial charge in [-0.1, -0.05) is 53.7 Å². The second-order valence-electron chi connectivity index (χ2n) is 7.59. The van der Waals surface area contributed by atoms with Gasteiger partial charge < -0.3 is 4.42 Å². The molecule has 0 aliphatic heterocycles. The fraction of sp³-hybridized carbons (Fsp3) is 0.160. The van der Waals surface area contributed by atoms with Crippen molar-refractivity contribution in [3.63, 3.8) is 0 Å². The fourth-order valence-electron chi connectivity index (χ4n) is 3.64. The second kappa shape index (κ2) is 8.04. The molecule has 31 heavy (non-hydrogen) atoms. The summed E-state index contributed by atoms with van der Waals surface area (Å²) < 4.78 is 7.80. The summed E-state index contributed by atoms with van der Waals surface area (Å²) in [6.07, 6.45) is 3.68. The van der Waals surface area contributed by atoms with Crippen LogP contribution < -0.4 is 0 Å². The zero-order valence-corrected chi connectivity index (χ0v) is 18.5. The molecule has 5 rings (SSSR count). The molecule has 0 unspecified atom stereocenters. The Balaban J connectivity index is 1.43. The van der Waals surface area contributed by atoms with Crippen molar-refractivity contribution >= 4 is 17.3 Å². The van der Waals surface area contributed by atoms with Gasteiger partial charge in [0.1, 0.15) is 10.8 Å². The van der Waals surface area contributed by atoms with Crippen LogP contribution in [0.5, 0.6) is 0 Å². The van der Waals surface area contributed by atoms with Gasteiger partial charge in [0.25, 0.3) is 0 Å². The van der Waals surface area contributed by atoms with Gasteiger partial charge in [0.2, 0.25) is 5.89 Å². The molecule has 0 spiro atoms. The number of fused-ring (bicyclic) bond motifs is 1. The van der Waals surface area contributed by atoms with Gasteiger partial charge in [-0.05, 0) is 44.5 Å². The SMILES string of the molecule is Cc1ccc(-c2cc3c(SCc4nc(-c5ccccc5)oc4C)nccn3n2)c(C)c1. The number of aryl methyl sites for hydroxylation is 3. The summed E-state index contributed by atoms with van der Waals surface area (Å²) in [5, 5.41) is 5.71. The molecule has 0 amide bonds. The summed E-state index contributed by atoms with van der Waals surface area (Å²) in [5.41, 5.74) is 7.48. The molecule has 5 aromatic rings. The number of hydrogen-bond donors (Lipinski definition) is 0. The molecule has 3 aromatic heterocycles.